The van der Waals surface area contributed by atoms with Crippen LogP contribution in [0.2, 0.25) is 0 Å². The molecule has 0 aliphatic heterocycles. The molecular formula is C6H3N3O3. The first kappa shape index (κ1) is 7.94. The van der Waals surface area contributed by atoms with E-state index in [1.165, 1.54) is 0 Å². The molecule has 0 amide bonds. The molecule has 6 nitrogen and oxygen atoms in total. The number of nitriles is 1. The van der Waals surface area contributed by atoms with Gasteiger partial charge in [0.1, 0.15) is 11.8 Å². The minimum atomic E-state index is -1.12. The highest BCUT2D eigenvalue weighted by molar-refractivity contribution is 5.85. The van der Waals surface area contributed by atoms with E-state index >= 15 is 0 Å². The van der Waals surface area contributed by atoms with Gasteiger partial charge in [-0.25, -0.2) is 9.42 Å². The topological polar surface area (TPSA) is 100 Å². The molecule has 0 unspecified atom stereocenters. The Morgan fingerprint density at radius 2 is 2.42 bits per heavy atom. The largest absolute Gasteiger partial charge is 0.478 e. The standard InChI is InChI=1S/C6H3N3O3/c7-3-5-4(8-12-9-5)1-2-6(10)11/h1-2H,(H,10,11)/b2-1-. The summed E-state index contributed by atoms with van der Waals surface area (Å²) in [7, 11) is 0. The summed E-state index contributed by atoms with van der Waals surface area (Å²) in [4.78, 5) is 10.0. The molecule has 0 aromatic carbocycles. The minimum Gasteiger partial charge on any atom is -0.478 e. The van der Waals surface area contributed by atoms with Crippen molar-refractivity contribution in [2.24, 2.45) is 0 Å². The molecule has 1 N–H and O–H groups in total. The molecule has 1 aromatic rings. The summed E-state index contributed by atoms with van der Waals surface area (Å²) in [6.07, 6.45) is 1.98. The second-order valence-electron chi connectivity index (χ2n) is 1.78. The van der Waals surface area contributed by atoms with Gasteiger partial charge in [0.2, 0.25) is 5.69 Å². The number of hydrogen-bond acceptors (Lipinski definition) is 5. The predicted molar refractivity (Wildman–Crippen MR) is 35.7 cm³/mol. The fourth-order valence-electron chi connectivity index (χ4n) is 0.532. The van der Waals surface area contributed by atoms with Crippen LogP contribution in [0.1, 0.15) is 11.4 Å². The third kappa shape index (κ3) is 1.67. The summed E-state index contributed by atoms with van der Waals surface area (Å²) in [5.74, 6) is -1.12. The molecular weight excluding hydrogens is 162 g/mol. The molecule has 1 heterocycles. The molecule has 1 aromatic heterocycles. The Kier molecular flexibility index (Phi) is 2.18. The van der Waals surface area contributed by atoms with E-state index in [0.29, 0.717) is 0 Å². The Balaban J connectivity index is 2.90. The Morgan fingerprint density at radius 3 is 3.00 bits per heavy atom. The second kappa shape index (κ2) is 3.30. The molecule has 0 radical (unpaired) electrons. The van der Waals surface area contributed by atoms with Crippen LogP contribution in [0.3, 0.4) is 0 Å². The summed E-state index contributed by atoms with van der Waals surface area (Å²) in [5.41, 5.74) is 0.0763. The number of carboxylic acids is 1. The lowest BCUT2D eigenvalue weighted by atomic mass is 10.3. The maximum Gasteiger partial charge on any atom is 0.328 e. The van der Waals surface area contributed by atoms with Gasteiger partial charge in [-0.2, -0.15) is 5.26 Å². The van der Waals surface area contributed by atoms with E-state index in [1.54, 1.807) is 6.07 Å². The van der Waals surface area contributed by atoms with E-state index in [-0.39, 0.29) is 11.4 Å². The molecule has 6 heteroatoms. The highest BCUT2D eigenvalue weighted by atomic mass is 16.6. The molecule has 0 spiro atoms. The van der Waals surface area contributed by atoms with Crippen molar-refractivity contribution in [3.63, 3.8) is 0 Å². The number of aliphatic carboxylic acids is 1. The van der Waals surface area contributed by atoms with Gasteiger partial charge in [0.15, 0.2) is 0 Å². The van der Waals surface area contributed by atoms with Gasteiger partial charge in [0, 0.05) is 6.08 Å². The highest BCUT2D eigenvalue weighted by Gasteiger charge is 2.04. The minimum absolute atomic E-state index is 0.0347. The number of carboxylic acid groups (broad SMARTS) is 1. The molecule has 0 saturated heterocycles. The normalized spacial score (nSPS) is 9.92. The number of carbonyl (C=O) groups is 1. The maximum atomic E-state index is 10.0. The monoisotopic (exact) mass is 165 g/mol. The van der Waals surface area contributed by atoms with Crippen LogP contribution in [0.4, 0.5) is 0 Å². The number of aromatic nitrogens is 2. The molecule has 60 valence electrons. The van der Waals surface area contributed by atoms with E-state index in [0.717, 1.165) is 12.2 Å². The van der Waals surface area contributed by atoms with Gasteiger partial charge in [-0.15, -0.1) is 0 Å². The number of hydrogen-bond donors (Lipinski definition) is 1. The van der Waals surface area contributed by atoms with Crippen LogP contribution in [-0.4, -0.2) is 21.4 Å². The van der Waals surface area contributed by atoms with Crippen molar-refractivity contribution in [3.8, 4) is 6.07 Å². The Labute approximate surface area is 66.7 Å². The van der Waals surface area contributed by atoms with Gasteiger partial charge in [-0.3, -0.25) is 0 Å². The average molecular weight is 165 g/mol. The fraction of sp³-hybridized carbons (Fsp3) is 0. The third-order valence-electron chi connectivity index (χ3n) is 1.00. The first-order chi connectivity index (χ1) is 5.74. The molecule has 12 heavy (non-hydrogen) atoms. The Bertz CT molecular complexity index is 360. The van der Waals surface area contributed by atoms with Gasteiger partial charge in [-0.05, 0) is 16.4 Å². The molecule has 0 aliphatic rings. The quantitative estimate of drug-likeness (QED) is 0.621. The van der Waals surface area contributed by atoms with Crippen molar-refractivity contribution in [1.29, 1.82) is 5.26 Å². The second-order valence-corrected chi connectivity index (χ2v) is 1.78. The SMILES string of the molecule is N#Cc1nonc1/C=C\C(=O)O. The van der Waals surface area contributed by atoms with Crippen molar-refractivity contribution in [2.45, 2.75) is 0 Å². The molecule has 0 bridgehead atoms. The summed E-state index contributed by atoms with van der Waals surface area (Å²) in [5, 5.41) is 23.1. The van der Waals surface area contributed by atoms with Gasteiger partial charge in [0.25, 0.3) is 0 Å². The molecule has 0 saturated carbocycles. The van der Waals surface area contributed by atoms with Crippen LogP contribution >= 0.6 is 0 Å². The van der Waals surface area contributed by atoms with E-state index in [2.05, 4.69) is 14.9 Å². The van der Waals surface area contributed by atoms with E-state index < -0.39 is 5.97 Å². The lowest BCUT2D eigenvalue weighted by molar-refractivity contribution is -0.131. The number of rotatable bonds is 2. The highest BCUT2D eigenvalue weighted by Crippen LogP contribution is 2.02. The van der Waals surface area contributed by atoms with Gasteiger partial charge in [-0.1, -0.05) is 0 Å². The van der Waals surface area contributed by atoms with Crippen LogP contribution < -0.4 is 0 Å². The van der Waals surface area contributed by atoms with Crippen molar-refractivity contribution in [1.82, 2.24) is 10.3 Å². The lowest BCUT2D eigenvalue weighted by Gasteiger charge is -1.78. The van der Waals surface area contributed by atoms with Gasteiger partial charge >= 0.3 is 5.97 Å². The average Bonchev–Trinajstić information content (AvgIpc) is 2.47. The molecule has 0 fully saturated rings. The zero-order valence-corrected chi connectivity index (χ0v) is 5.76. The first-order valence-electron chi connectivity index (χ1n) is 2.87. The summed E-state index contributed by atoms with van der Waals surface area (Å²) >= 11 is 0. The van der Waals surface area contributed by atoms with Gasteiger partial charge < -0.3 is 5.11 Å². The molecule has 0 atom stereocenters. The summed E-state index contributed by atoms with van der Waals surface area (Å²) in [6, 6.07) is 1.69. The van der Waals surface area contributed by atoms with Crippen LogP contribution in [-0.2, 0) is 4.79 Å². The van der Waals surface area contributed by atoms with Crippen molar-refractivity contribution in [3.05, 3.63) is 17.5 Å². The third-order valence-corrected chi connectivity index (χ3v) is 1.00. The number of nitrogens with zero attached hydrogens (tertiary/aromatic N) is 3. The maximum absolute atomic E-state index is 10.0. The van der Waals surface area contributed by atoms with E-state index in [1.807, 2.05) is 0 Å². The zero-order chi connectivity index (χ0) is 8.97. The van der Waals surface area contributed by atoms with E-state index in [4.69, 9.17) is 10.4 Å². The van der Waals surface area contributed by atoms with Gasteiger partial charge in [0.05, 0.1) is 0 Å². The Hall–Kier alpha value is -2.16. The molecule has 1 rings (SSSR count). The zero-order valence-electron chi connectivity index (χ0n) is 5.76. The Morgan fingerprint density at radius 1 is 1.67 bits per heavy atom. The van der Waals surface area contributed by atoms with Crippen LogP contribution in [0.25, 0.3) is 6.08 Å². The fourth-order valence-corrected chi connectivity index (χ4v) is 0.532. The van der Waals surface area contributed by atoms with Crippen molar-refractivity contribution in [2.75, 3.05) is 0 Å². The van der Waals surface area contributed by atoms with Crippen LogP contribution in [0.5, 0.6) is 0 Å². The lowest BCUT2D eigenvalue weighted by Crippen LogP contribution is -1.86. The first-order valence-corrected chi connectivity index (χ1v) is 2.87. The molecule has 0 aliphatic carbocycles. The summed E-state index contributed by atoms with van der Waals surface area (Å²) in [6.45, 7) is 0. The predicted octanol–water partition coefficient (Wildman–Crippen LogP) is 0.0391. The van der Waals surface area contributed by atoms with Crippen molar-refractivity contribution < 1.29 is 14.5 Å². The van der Waals surface area contributed by atoms with Crippen LogP contribution in [0.15, 0.2) is 10.7 Å². The van der Waals surface area contributed by atoms with Crippen molar-refractivity contribution >= 4 is 12.0 Å². The smallest absolute Gasteiger partial charge is 0.328 e. The van der Waals surface area contributed by atoms with E-state index in [9.17, 15) is 4.79 Å². The summed E-state index contributed by atoms with van der Waals surface area (Å²) < 4.78 is 4.20. The van der Waals surface area contributed by atoms with Crippen LogP contribution in [0, 0.1) is 11.3 Å².